The van der Waals surface area contributed by atoms with Crippen LogP contribution in [0.25, 0.3) is 82.2 Å². The summed E-state index contributed by atoms with van der Waals surface area (Å²) in [6.07, 6.45) is 6.26. The molecule has 1 aliphatic heterocycles. The molecule has 1 aliphatic rings. The van der Waals surface area contributed by atoms with Crippen LogP contribution < -0.4 is 0 Å². The lowest BCUT2D eigenvalue weighted by molar-refractivity contribution is 0.668. The smallest absolute Gasteiger partial charge is 0.161 e. The van der Waals surface area contributed by atoms with Crippen LogP contribution in [0, 0.1) is 0 Å². The highest BCUT2D eigenvalue weighted by molar-refractivity contribution is 6.26. The lowest BCUT2D eigenvalue weighted by Gasteiger charge is -2.15. The molecule has 54 heavy (non-hydrogen) atoms. The van der Waals surface area contributed by atoms with E-state index in [9.17, 15) is 0 Å². The Labute approximate surface area is 310 Å². The molecular weight excluding hydrogens is 661 g/mol. The second kappa shape index (κ2) is 12.1. The van der Waals surface area contributed by atoms with E-state index in [1.807, 2.05) is 48.5 Å². The summed E-state index contributed by atoms with van der Waals surface area (Å²) in [6, 6.07) is 56.7. The number of rotatable bonds is 4. The van der Waals surface area contributed by atoms with Gasteiger partial charge in [0, 0.05) is 38.2 Å². The van der Waals surface area contributed by atoms with Gasteiger partial charge in [-0.2, -0.15) is 0 Å². The molecule has 0 N–H and O–H groups in total. The Morgan fingerprint density at radius 2 is 1.02 bits per heavy atom. The van der Waals surface area contributed by atoms with Gasteiger partial charge in [0.2, 0.25) is 0 Å². The highest BCUT2D eigenvalue weighted by Crippen LogP contribution is 2.41. The summed E-state index contributed by atoms with van der Waals surface area (Å²) in [5.74, 6) is 0.601. The van der Waals surface area contributed by atoms with E-state index in [1.54, 1.807) is 0 Å². The predicted molar refractivity (Wildman–Crippen MR) is 225 cm³/mol. The van der Waals surface area contributed by atoms with Gasteiger partial charge in [-0.05, 0) is 81.2 Å². The first-order valence-electron chi connectivity index (χ1n) is 18.2. The van der Waals surface area contributed by atoms with Gasteiger partial charge in [0.15, 0.2) is 5.84 Å². The average Bonchev–Trinajstić information content (AvgIpc) is 3.79. The van der Waals surface area contributed by atoms with Gasteiger partial charge in [-0.3, -0.25) is 0 Å². The van der Waals surface area contributed by atoms with Gasteiger partial charge in [-0.25, -0.2) is 9.98 Å². The molecule has 8 aromatic carbocycles. The number of hydrogen-bond acceptors (Lipinski definition) is 4. The van der Waals surface area contributed by atoms with Crippen LogP contribution >= 0.6 is 0 Å². The maximum absolute atomic E-state index is 6.66. The molecule has 0 atom stereocenters. The minimum absolute atomic E-state index is 0.601. The molecular formula is C50H30N2O2. The van der Waals surface area contributed by atoms with Crippen LogP contribution in [0.3, 0.4) is 0 Å². The third-order valence-electron chi connectivity index (χ3n) is 10.5. The van der Waals surface area contributed by atoms with Gasteiger partial charge < -0.3 is 8.83 Å². The molecule has 0 amide bonds. The molecule has 252 valence electrons. The summed E-state index contributed by atoms with van der Waals surface area (Å²) < 4.78 is 13.0. The minimum atomic E-state index is 0.601. The number of para-hydroxylation sites is 2. The van der Waals surface area contributed by atoms with Gasteiger partial charge in [0.25, 0.3) is 0 Å². The van der Waals surface area contributed by atoms with E-state index in [0.717, 1.165) is 93.9 Å². The van der Waals surface area contributed by atoms with E-state index in [-0.39, 0.29) is 0 Å². The van der Waals surface area contributed by atoms with Crippen LogP contribution in [0.15, 0.2) is 201 Å². The second-order valence-electron chi connectivity index (χ2n) is 13.7. The zero-order valence-electron chi connectivity index (χ0n) is 29.0. The summed E-state index contributed by atoms with van der Waals surface area (Å²) in [5, 5.41) is 8.82. The highest BCUT2D eigenvalue weighted by atomic mass is 16.3. The third kappa shape index (κ3) is 4.85. The molecule has 0 spiro atoms. The Balaban J connectivity index is 1.23. The van der Waals surface area contributed by atoms with Crippen LogP contribution in [0.5, 0.6) is 0 Å². The van der Waals surface area contributed by atoms with Crippen molar-refractivity contribution in [1.29, 1.82) is 0 Å². The maximum atomic E-state index is 6.66. The van der Waals surface area contributed by atoms with Gasteiger partial charge in [0.05, 0.1) is 11.4 Å². The molecule has 4 nitrogen and oxygen atoms in total. The number of fused-ring (bicyclic) bond motifs is 9. The van der Waals surface area contributed by atoms with E-state index in [4.69, 9.17) is 18.8 Å². The van der Waals surface area contributed by atoms with E-state index in [0.29, 0.717) is 5.84 Å². The van der Waals surface area contributed by atoms with Crippen molar-refractivity contribution in [2.45, 2.75) is 0 Å². The van der Waals surface area contributed by atoms with Crippen molar-refractivity contribution in [2.75, 3.05) is 0 Å². The fourth-order valence-electron chi connectivity index (χ4n) is 8.07. The molecule has 0 aliphatic carbocycles. The number of hydrogen-bond donors (Lipinski definition) is 0. The Kier molecular flexibility index (Phi) is 6.82. The van der Waals surface area contributed by atoms with E-state index >= 15 is 0 Å². The number of aliphatic imine (C=N–C) groups is 2. The average molecular weight is 691 g/mol. The summed E-state index contributed by atoms with van der Waals surface area (Å²) in [7, 11) is 0. The molecule has 3 heterocycles. The number of benzene rings is 8. The first kappa shape index (κ1) is 30.3. The lowest BCUT2D eigenvalue weighted by atomic mass is 9.94. The predicted octanol–water partition coefficient (Wildman–Crippen LogP) is 13.3. The Hall–Kier alpha value is -7.30. The largest absolute Gasteiger partial charge is 0.456 e. The van der Waals surface area contributed by atoms with Crippen molar-refractivity contribution >= 4 is 82.7 Å². The van der Waals surface area contributed by atoms with Crippen LogP contribution in [0.1, 0.15) is 16.7 Å². The SMILES string of the molecule is C1=CC(c2ccccc2)=NC(c2cc(-c3cccc4oc5ccccc5c34)cc3oc4ccccc4c23)=NC(c2cc3ccccc3c3ccccc23)=C1. The van der Waals surface area contributed by atoms with Crippen LogP contribution in [-0.2, 0) is 0 Å². The highest BCUT2D eigenvalue weighted by Gasteiger charge is 2.22. The molecule has 2 aromatic heterocycles. The molecule has 0 unspecified atom stereocenters. The Bertz CT molecular complexity index is 3270. The third-order valence-corrected chi connectivity index (χ3v) is 10.5. The number of furan rings is 2. The van der Waals surface area contributed by atoms with Crippen LogP contribution in [0.4, 0.5) is 0 Å². The molecule has 0 bridgehead atoms. The molecule has 4 heteroatoms. The zero-order chi connectivity index (χ0) is 35.6. The van der Waals surface area contributed by atoms with Crippen molar-refractivity contribution in [3.8, 4) is 11.1 Å². The number of allylic oxidation sites excluding steroid dienone is 3. The standard InChI is InChI=1S/C50H30N2O2/c1-2-14-31(15-3-1)42-23-13-24-43(40-28-32-16-4-5-17-34(32)36-18-6-7-19-37(36)40)52-50(51-42)41-29-33(30-47-49(41)39-21-9-11-26-45(39)54-47)35-22-12-27-46-48(35)38-20-8-10-25-44(38)53-46/h1-30H. The molecule has 0 radical (unpaired) electrons. The minimum Gasteiger partial charge on any atom is -0.456 e. The first-order valence-corrected chi connectivity index (χ1v) is 18.2. The van der Waals surface area contributed by atoms with E-state index < -0.39 is 0 Å². The fourth-order valence-corrected chi connectivity index (χ4v) is 8.07. The normalized spacial score (nSPS) is 13.4. The van der Waals surface area contributed by atoms with Crippen molar-refractivity contribution in [2.24, 2.45) is 9.98 Å². The maximum Gasteiger partial charge on any atom is 0.161 e. The number of nitrogens with zero attached hydrogens (tertiary/aromatic N) is 2. The van der Waals surface area contributed by atoms with Crippen LogP contribution in [-0.4, -0.2) is 11.5 Å². The molecule has 0 fully saturated rings. The second-order valence-corrected chi connectivity index (χ2v) is 13.7. The summed E-state index contributed by atoms with van der Waals surface area (Å²) >= 11 is 0. The first-order chi connectivity index (χ1) is 26.8. The summed E-state index contributed by atoms with van der Waals surface area (Å²) in [6.45, 7) is 0. The molecule has 10 aromatic rings. The van der Waals surface area contributed by atoms with E-state index in [1.165, 1.54) is 10.8 Å². The Morgan fingerprint density at radius 3 is 1.81 bits per heavy atom. The lowest BCUT2D eigenvalue weighted by Crippen LogP contribution is -2.07. The molecule has 11 rings (SSSR count). The van der Waals surface area contributed by atoms with E-state index in [2.05, 4.69) is 133 Å². The molecule has 0 saturated heterocycles. The van der Waals surface area contributed by atoms with Crippen molar-refractivity contribution in [3.05, 3.63) is 199 Å². The zero-order valence-corrected chi connectivity index (χ0v) is 29.0. The topological polar surface area (TPSA) is 51.0 Å². The molecule has 0 saturated carbocycles. The number of amidine groups is 1. The van der Waals surface area contributed by atoms with Crippen molar-refractivity contribution in [3.63, 3.8) is 0 Å². The Morgan fingerprint density at radius 1 is 0.389 bits per heavy atom. The van der Waals surface area contributed by atoms with Crippen molar-refractivity contribution < 1.29 is 8.83 Å². The monoisotopic (exact) mass is 690 g/mol. The van der Waals surface area contributed by atoms with Crippen molar-refractivity contribution in [1.82, 2.24) is 0 Å². The summed E-state index contributed by atoms with van der Waals surface area (Å²) in [4.78, 5) is 11.0. The van der Waals surface area contributed by atoms with Gasteiger partial charge in [-0.15, -0.1) is 0 Å². The quantitative estimate of drug-likeness (QED) is 0.173. The summed E-state index contributed by atoms with van der Waals surface area (Å²) in [5.41, 5.74) is 9.91. The van der Waals surface area contributed by atoms with Gasteiger partial charge in [-0.1, -0.05) is 133 Å². The fraction of sp³-hybridized carbons (Fsp3) is 0. The van der Waals surface area contributed by atoms with Crippen LogP contribution in [0.2, 0.25) is 0 Å². The van der Waals surface area contributed by atoms with Gasteiger partial charge >= 0.3 is 0 Å². The van der Waals surface area contributed by atoms with Gasteiger partial charge in [0.1, 0.15) is 22.3 Å².